The summed E-state index contributed by atoms with van der Waals surface area (Å²) in [5.41, 5.74) is 12.4. The van der Waals surface area contributed by atoms with E-state index in [1.165, 1.54) is 98.7 Å². The zero-order chi connectivity index (χ0) is 34.4. The monoisotopic (exact) mass is 658 g/mol. The van der Waals surface area contributed by atoms with Crippen molar-refractivity contribution in [3.05, 3.63) is 206 Å². The van der Waals surface area contributed by atoms with Crippen molar-refractivity contribution in [2.24, 2.45) is 0 Å². The van der Waals surface area contributed by atoms with Gasteiger partial charge in [0.2, 0.25) is 0 Å². The van der Waals surface area contributed by atoms with Crippen molar-refractivity contribution in [3.8, 4) is 55.6 Å². The fraction of sp³-hybridized carbons (Fsp3) is 0. The molecule has 0 N–H and O–H groups in total. The van der Waals surface area contributed by atoms with Gasteiger partial charge in [-0.1, -0.05) is 194 Å². The van der Waals surface area contributed by atoms with Crippen molar-refractivity contribution >= 4 is 43.1 Å². The topological polar surface area (TPSA) is 0 Å². The second-order valence-electron chi connectivity index (χ2n) is 13.6. The van der Waals surface area contributed by atoms with Crippen LogP contribution in [0.15, 0.2) is 206 Å². The number of hydrogen-bond acceptors (Lipinski definition) is 0. The molecule has 0 aromatic heterocycles. The van der Waals surface area contributed by atoms with E-state index in [0.29, 0.717) is 0 Å². The minimum absolute atomic E-state index is 1.21. The first-order chi connectivity index (χ1) is 25.8. The van der Waals surface area contributed by atoms with Gasteiger partial charge in [0.15, 0.2) is 0 Å². The molecule has 0 heteroatoms. The Morgan fingerprint density at radius 1 is 0.192 bits per heavy atom. The van der Waals surface area contributed by atoms with Crippen molar-refractivity contribution in [1.82, 2.24) is 0 Å². The molecule has 10 rings (SSSR count). The molecule has 0 unspecified atom stereocenters. The Bertz CT molecular complexity index is 2880. The van der Waals surface area contributed by atoms with Gasteiger partial charge >= 0.3 is 0 Å². The summed E-state index contributed by atoms with van der Waals surface area (Å²) >= 11 is 0. The van der Waals surface area contributed by atoms with Gasteiger partial charge in [0.25, 0.3) is 0 Å². The van der Waals surface area contributed by atoms with Crippen molar-refractivity contribution in [3.63, 3.8) is 0 Å². The van der Waals surface area contributed by atoms with E-state index in [0.717, 1.165) is 0 Å². The Balaban J connectivity index is 1.19. The summed E-state index contributed by atoms with van der Waals surface area (Å²) in [5.74, 6) is 0. The fourth-order valence-corrected chi connectivity index (χ4v) is 8.28. The molecule has 10 aromatic carbocycles. The Kier molecular flexibility index (Phi) is 7.25. The third-order valence-corrected chi connectivity index (χ3v) is 10.7. The summed E-state index contributed by atoms with van der Waals surface area (Å²) in [6.07, 6.45) is 0. The second-order valence-corrected chi connectivity index (χ2v) is 13.6. The van der Waals surface area contributed by atoms with Gasteiger partial charge in [-0.3, -0.25) is 0 Å². The molecule has 0 saturated carbocycles. The first-order valence-corrected chi connectivity index (χ1v) is 18.0. The summed E-state index contributed by atoms with van der Waals surface area (Å²) in [6, 6.07) is 75.5. The number of benzene rings is 10. The van der Waals surface area contributed by atoms with Gasteiger partial charge in [0.05, 0.1) is 0 Å². The van der Waals surface area contributed by atoms with Crippen LogP contribution < -0.4 is 0 Å². The van der Waals surface area contributed by atoms with Crippen LogP contribution in [0, 0.1) is 0 Å². The highest BCUT2D eigenvalue weighted by Gasteiger charge is 2.20. The van der Waals surface area contributed by atoms with Gasteiger partial charge in [-0.25, -0.2) is 0 Å². The van der Waals surface area contributed by atoms with E-state index >= 15 is 0 Å². The van der Waals surface area contributed by atoms with Crippen molar-refractivity contribution < 1.29 is 0 Å². The van der Waals surface area contributed by atoms with Gasteiger partial charge in [0.1, 0.15) is 0 Å². The van der Waals surface area contributed by atoms with Crippen LogP contribution >= 0.6 is 0 Å². The van der Waals surface area contributed by atoms with Crippen LogP contribution in [0.4, 0.5) is 0 Å². The average Bonchev–Trinajstić information content (AvgIpc) is 3.23. The Labute approximate surface area is 303 Å². The molecule has 0 spiro atoms. The van der Waals surface area contributed by atoms with Gasteiger partial charge in [-0.2, -0.15) is 0 Å². The summed E-state index contributed by atoms with van der Waals surface area (Å²) in [5, 5.41) is 10.1. The van der Waals surface area contributed by atoms with Crippen molar-refractivity contribution in [2.45, 2.75) is 0 Å². The fourth-order valence-electron chi connectivity index (χ4n) is 8.28. The Morgan fingerprint density at radius 2 is 0.635 bits per heavy atom. The second kappa shape index (κ2) is 12.5. The van der Waals surface area contributed by atoms with Gasteiger partial charge in [-0.05, 0) is 111 Å². The van der Waals surface area contributed by atoms with Gasteiger partial charge in [-0.15, -0.1) is 0 Å². The minimum atomic E-state index is 1.21. The standard InChI is InChI=1S/C52H34/c1-2-15-35(16-3-1)36-29-31-37(32-30-36)38-18-14-19-40(33-38)51-46-25-10-12-27-48(46)52(49-28-13-11-26-47(49)51)45-24-9-8-23-44(45)50-34-39-17-4-5-20-41(39)42-21-6-7-22-43(42)50/h1-34H. The van der Waals surface area contributed by atoms with Crippen LogP contribution in [0.25, 0.3) is 98.7 Å². The predicted octanol–water partition coefficient (Wildman–Crippen LogP) is 14.6. The summed E-state index contributed by atoms with van der Waals surface area (Å²) in [4.78, 5) is 0. The third-order valence-electron chi connectivity index (χ3n) is 10.7. The molecule has 242 valence electrons. The molecule has 0 aliphatic heterocycles. The van der Waals surface area contributed by atoms with Crippen LogP contribution in [0.3, 0.4) is 0 Å². The first kappa shape index (κ1) is 30.1. The molecule has 0 nitrogen and oxygen atoms in total. The molecule has 0 amide bonds. The van der Waals surface area contributed by atoms with E-state index < -0.39 is 0 Å². The Morgan fingerprint density at radius 3 is 1.31 bits per heavy atom. The maximum absolute atomic E-state index is 2.38. The maximum Gasteiger partial charge on any atom is -0.00201 e. The molecule has 0 bridgehead atoms. The largest absolute Gasteiger partial charge is 0.0622 e. The highest BCUT2D eigenvalue weighted by atomic mass is 14.2. The van der Waals surface area contributed by atoms with Gasteiger partial charge in [0, 0.05) is 0 Å². The van der Waals surface area contributed by atoms with Crippen molar-refractivity contribution in [1.29, 1.82) is 0 Å². The summed E-state index contributed by atoms with van der Waals surface area (Å²) in [7, 11) is 0. The van der Waals surface area contributed by atoms with Crippen molar-refractivity contribution in [2.75, 3.05) is 0 Å². The molecule has 0 heterocycles. The zero-order valence-corrected chi connectivity index (χ0v) is 28.6. The number of rotatable bonds is 5. The van der Waals surface area contributed by atoms with Crippen LogP contribution in [0.2, 0.25) is 0 Å². The predicted molar refractivity (Wildman–Crippen MR) is 224 cm³/mol. The van der Waals surface area contributed by atoms with Crippen LogP contribution in [0.1, 0.15) is 0 Å². The average molecular weight is 659 g/mol. The minimum Gasteiger partial charge on any atom is -0.0622 e. The molecule has 0 saturated heterocycles. The molecule has 52 heavy (non-hydrogen) atoms. The van der Waals surface area contributed by atoms with Crippen LogP contribution in [-0.4, -0.2) is 0 Å². The number of hydrogen-bond donors (Lipinski definition) is 0. The molecule has 0 aliphatic rings. The maximum atomic E-state index is 2.38. The molecular formula is C52H34. The van der Waals surface area contributed by atoms with E-state index in [9.17, 15) is 0 Å². The highest BCUT2D eigenvalue weighted by molar-refractivity contribution is 6.23. The van der Waals surface area contributed by atoms with E-state index in [4.69, 9.17) is 0 Å². The molecule has 0 fully saturated rings. The lowest BCUT2D eigenvalue weighted by Gasteiger charge is -2.21. The highest BCUT2D eigenvalue weighted by Crippen LogP contribution is 2.47. The lowest BCUT2D eigenvalue weighted by molar-refractivity contribution is 1.58. The normalized spacial score (nSPS) is 11.5. The SMILES string of the molecule is c1ccc(-c2ccc(-c3cccc(-c4c5ccccc5c(-c5ccccc5-c5cc6ccccc6c6ccccc56)c5ccccc45)c3)cc2)cc1. The van der Waals surface area contributed by atoms with Crippen LogP contribution in [0.5, 0.6) is 0 Å². The van der Waals surface area contributed by atoms with Gasteiger partial charge < -0.3 is 0 Å². The molecule has 0 aliphatic carbocycles. The molecular weight excluding hydrogens is 625 g/mol. The summed E-state index contributed by atoms with van der Waals surface area (Å²) < 4.78 is 0. The first-order valence-electron chi connectivity index (χ1n) is 18.0. The number of fused-ring (bicyclic) bond motifs is 5. The van der Waals surface area contributed by atoms with E-state index in [1.807, 2.05) is 0 Å². The Hall–Kier alpha value is -6.76. The van der Waals surface area contributed by atoms with E-state index in [-0.39, 0.29) is 0 Å². The smallest absolute Gasteiger partial charge is 0.00201 e. The van der Waals surface area contributed by atoms with E-state index in [1.54, 1.807) is 0 Å². The summed E-state index contributed by atoms with van der Waals surface area (Å²) in [6.45, 7) is 0. The third kappa shape index (κ3) is 5.00. The molecule has 0 atom stereocenters. The lowest BCUT2D eigenvalue weighted by atomic mass is 9.82. The zero-order valence-electron chi connectivity index (χ0n) is 28.6. The quantitative estimate of drug-likeness (QED) is 0.128. The molecule has 0 radical (unpaired) electrons. The van der Waals surface area contributed by atoms with Crippen LogP contribution in [-0.2, 0) is 0 Å². The van der Waals surface area contributed by atoms with E-state index in [2.05, 4.69) is 206 Å². The lowest BCUT2D eigenvalue weighted by Crippen LogP contribution is -1.93. The molecule has 10 aromatic rings.